The number of unbranched alkanes of at least 4 members (excludes halogenated alkanes) is 3. The van der Waals surface area contributed by atoms with E-state index in [9.17, 15) is 67.7 Å². The Hall–Kier alpha value is -5.86. The van der Waals surface area contributed by atoms with Crippen LogP contribution >= 0.6 is 47.0 Å². The van der Waals surface area contributed by atoms with E-state index in [4.69, 9.17) is 21.9 Å². The molecule has 17 N–H and O–H groups in total. The average Bonchev–Trinajstić information content (AvgIpc) is 4.12. The largest absolute Gasteiger partial charge is 0.481 e. The number of rotatable bonds is 26. The van der Waals surface area contributed by atoms with E-state index in [1.54, 1.807) is 47.0 Å². The molecular weight excluding hydrogens is 1110 g/mol. The van der Waals surface area contributed by atoms with Crippen molar-refractivity contribution >= 4 is 118 Å². The van der Waals surface area contributed by atoms with Gasteiger partial charge in [0.1, 0.15) is 54.9 Å². The molecule has 8 atom stereocenters. The number of carboxylic acids is 2. The Labute approximate surface area is 474 Å². The molecule has 3 aliphatic rings. The molecule has 3 rings (SSSR count). The molecule has 1 fully saturated rings. The van der Waals surface area contributed by atoms with Gasteiger partial charge in [-0.25, -0.2) is 0 Å². The van der Waals surface area contributed by atoms with Gasteiger partial charge in [0.25, 0.3) is 0 Å². The van der Waals surface area contributed by atoms with E-state index in [2.05, 4.69) is 47.9 Å². The summed E-state index contributed by atoms with van der Waals surface area (Å²) in [4.78, 5) is 160. The third-order valence-electron chi connectivity index (χ3n) is 12.0. The highest BCUT2D eigenvalue weighted by atomic mass is 32.2. The molecule has 27 nitrogen and oxygen atoms in total. The van der Waals surface area contributed by atoms with Crippen LogP contribution in [-0.4, -0.2) is 162 Å². The lowest BCUT2D eigenvalue weighted by atomic mass is 10.0. The fraction of sp³-hybridized carbons (Fsp3) is 0.625. The molecule has 0 bridgehead atoms. The number of hydrogen-bond donors (Lipinski definition) is 14. The van der Waals surface area contributed by atoms with Crippen molar-refractivity contribution < 1.29 is 72.5 Å². The first-order chi connectivity index (χ1) is 37.6. The van der Waals surface area contributed by atoms with E-state index in [0.717, 1.165) is 9.14 Å². The van der Waals surface area contributed by atoms with Crippen LogP contribution in [0.5, 0.6) is 0 Å². The van der Waals surface area contributed by atoms with Crippen LogP contribution in [-0.2, 0) is 62.3 Å². The Morgan fingerprint density at radius 3 is 1.30 bits per heavy atom. The number of hydrogen-bond acceptors (Lipinski definition) is 19. The zero-order chi connectivity index (χ0) is 58.4. The second-order valence-corrected chi connectivity index (χ2v) is 22.9. The van der Waals surface area contributed by atoms with Gasteiger partial charge >= 0.3 is 11.9 Å². The van der Waals surface area contributed by atoms with Gasteiger partial charge in [-0.1, -0.05) is 47.0 Å². The van der Waals surface area contributed by atoms with Crippen molar-refractivity contribution in [2.24, 2.45) is 17.2 Å². The van der Waals surface area contributed by atoms with E-state index in [1.807, 2.05) is 16.2 Å². The van der Waals surface area contributed by atoms with E-state index in [-0.39, 0.29) is 65.0 Å². The van der Waals surface area contributed by atoms with E-state index >= 15 is 0 Å². The minimum atomic E-state index is -1.68. The lowest BCUT2D eigenvalue weighted by Gasteiger charge is -2.28. The molecule has 0 aromatic rings. The van der Waals surface area contributed by atoms with Crippen molar-refractivity contribution in [2.45, 2.75) is 158 Å². The number of nitrogens with one attached hydrogen (secondary N) is 9. The molecule has 0 unspecified atom stereocenters. The highest BCUT2D eigenvalue weighted by molar-refractivity contribution is 8.33. The number of carbonyl (C=O) groups is 12. The summed E-state index contributed by atoms with van der Waals surface area (Å²) in [7, 11) is 0. The number of amides is 10. The number of carboxylic acid groups (broad SMARTS) is 2. The molecule has 0 radical (unpaired) electrons. The third kappa shape index (κ3) is 25.9. The Balaban J connectivity index is 1.95. The quantitative estimate of drug-likeness (QED) is 0.0456. The summed E-state index contributed by atoms with van der Waals surface area (Å²) < 4.78 is 7.94. The summed E-state index contributed by atoms with van der Waals surface area (Å²) in [6.45, 7) is 3.06. The standard InChI is InChI=1S/C48H74N12O15S4/c1-26-39(67)55-30(10-4-7-19-50)43(71)58-31(11-5-8-20-52-36(62)24-75-23-28-25-78-48(79-28)47-76-21-22-77-47)44(72)60-33(13-16-37(63)64)42(70)54-27(2)40(68)56-34(14-17-38(65)66)46(74)59-32(12-15-35(51)61)45(73)57-29(41(69)53-26)9-3-6-18-49/h21-22,25-27,29-34H,3-20,23-24,49-50H2,1-2H3,(H2,51,61)(H,52,62)(H,53,69)(H,54,70)(H,55,67)(H,56,68)(H,57,73)(H,58,71)(H,59,74)(H,60,72)(H,63,64)(H,65,66)/t26-,27-,29+,30+,31-,32-,33+,34+/m0/s1. The van der Waals surface area contributed by atoms with Crippen LogP contribution in [0.25, 0.3) is 0 Å². The average molecular weight is 1190 g/mol. The van der Waals surface area contributed by atoms with Gasteiger partial charge in [0.15, 0.2) is 0 Å². The Kier molecular flexibility index (Phi) is 31.1. The van der Waals surface area contributed by atoms with Gasteiger partial charge in [-0.3, -0.25) is 57.5 Å². The normalized spacial score (nSPS) is 24.1. The van der Waals surface area contributed by atoms with Gasteiger partial charge in [0.05, 0.1) is 15.1 Å². The fourth-order valence-corrected chi connectivity index (χ4v) is 12.0. The SMILES string of the molecule is C[C@@H]1NC(=O)[C@@H](CCCCN)NC(=O)[C@H](CCC(N)=O)NC(=O)[C@@H](CCC(=O)O)NC(=O)[C@H](C)NC(=O)[C@@H](CCC(=O)O)NC(=O)[C@H](CCCCNC(=O)COCC2=CSC(=C3SC=CS3)S2)NC(=O)[C@@H](CCCCN)NC1=O. The smallest absolute Gasteiger partial charge is 0.303 e. The van der Waals surface area contributed by atoms with E-state index in [1.165, 1.54) is 18.1 Å². The summed E-state index contributed by atoms with van der Waals surface area (Å²) in [6, 6.07) is -12.0. The summed E-state index contributed by atoms with van der Waals surface area (Å²) in [5, 5.41) is 47.6. The van der Waals surface area contributed by atoms with Crippen LogP contribution < -0.4 is 65.1 Å². The minimum Gasteiger partial charge on any atom is -0.481 e. The maximum absolute atomic E-state index is 14.3. The minimum absolute atomic E-state index is 0.00183. The van der Waals surface area contributed by atoms with Crippen LogP contribution in [0.1, 0.15) is 110 Å². The number of aliphatic carboxylic acids is 2. The van der Waals surface area contributed by atoms with E-state index in [0.29, 0.717) is 25.7 Å². The molecule has 0 saturated carbocycles. The molecule has 79 heavy (non-hydrogen) atoms. The van der Waals surface area contributed by atoms with Crippen LogP contribution in [0.2, 0.25) is 0 Å². The van der Waals surface area contributed by atoms with Crippen molar-refractivity contribution in [3.63, 3.8) is 0 Å². The topological polar surface area (TPSA) is 441 Å². The molecule has 0 aromatic heterocycles. The molecule has 3 heterocycles. The van der Waals surface area contributed by atoms with Crippen LogP contribution in [0.4, 0.5) is 0 Å². The van der Waals surface area contributed by atoms with Gasteiger partial charge in [-0.15, -0.1) is 0 Å². The first kappa shape index (κ1) is 67.4. The van der Waals surface area contributed by atoms with Gasteiger partial charge in [0.2, 0.25) is 59.1 Å². The Morgan fingerprint density at radius 2 is 0.899 bits per heavy atom. The molecule has 0 aliphatic carbocycles. The van der Waals surface area contributed by atoms with Gasteiger partial charge in [-0.2, -0.15) is 0 Å². The van der Waals surface area contributed by atoms with Gasteiger partial charge < -0.3 is 80.0 Å². The maximum atomic E-state index is 14.3. The molecule has 31 heteroatoms. The second-order valence-electron chi connectivity index (χ2n) is 18.5. The Morgan fingerprint density at radius 1 is 0.519 bits per heavy atom. The predicted octanol–water partition coefficient (Wildman–Crippen LogP) is -1.13. The maximum Gasteiger partial charge on any atom is 0.303 e. The van der Waals surface area contributed by atoms with Gasteiger partial charge in [-0.05, 0) is 120 Å². The van der Waals surface area contributed by atoms with Crippen molar-refractivity contribution in [3.8, 4) is 0 Å². The monoisotopic (exact) mass is 1190 g/mol. The number of nitrogens with two attached hydrogens (primary N) is 3. The van der Waals surface area contributed by atoms with Crippen LogP contribution in [0.15, 0.2) is 29.6 Å². The molecule has 0 spiro atoms. The van der Waals surface area contributed by atoms with E-state index < -0.39 is 158 Å². The number of carbonyl (C=O) groups excluding carboxylic acids is 10. The molecule has 1 saturated heterocycles. The summed E-state index contributed by atoms with van der Waals surface area (Å²) in [5.74, 6) is -11.8. The molecular formula is C48H74N12O15S4. The number of ether oxygens (including phenoxy) is 1. The highest BCUT2D eigenvalue weighted by Crippen LogP contribution is 2.53. The molecule has 0 aromatic carbocycles. The zero-order valence-corrected chi connectivity index (χ0v) is 47.3. The number of primary amides is 1. The predicted molar refractivity (Wildman–Crippen MR) is 297 cm³/mol. The Bertz CT molecular complexity index is 2280. The summed E-state index contributed by atoms with van der Waals surface area (Å²) >= 11 is 6.44. The lowest BCUT2D eigenvalue weighted by Crippen LogP contribution is -2.61. The van der Waals surface area contributed by atoms with Gasteiger partial charge in [0, 0.05) is 30.7 Å². The number of thioether (sulfide) groups is 4. The molecule has 10 amide bonds. The van der Waals surface area contributed by atoms with Crippen molar-refractivity contribution in [3.05, 3.63) is 29.6 Å². The summed E-state index contributed by atoms with van der Waals surface area (Å²) in [6.07, 6.45) is -1.53. The first-order valence-corrected chi connectivity index (χ1v) is 29.2. The third-order valence-corrected chi connectivity index (χ3v) is 17.0. The fourth-order valence-electron chi connectivity index (χ4n) is 7.60. The van der Waals surface area contributed by atoms with Crippen molar-refractivity contribution in [2.75, 3.05) is 32.8 Å². The van der Waals surface area contributed by atoms with Crippen molar-refractivity contribution in [1.29, 1.82) is 0 Å². The molecule has 3 aliphatic heterocycles. The zero-order valence-electron chi connectivity index (χ0n) is 44.1. The van der Waals surface area contributed by atoms with Crippen molar-refractivity contribution in [1.82, 2.24) is 47.9 Å². The van der Waals surface area contributed by atoms with Crippen LogP contribution in [0.3, 0.4) is 0 Å². The second kappa shape index (κ2) is 36.4. The lowest BCUT2D eigenvalue weighted by molar-refractivity contribution is -0.139. The summed E-state index contributed by atoms with van der Waals surface area (Å²) in [5.41, 5.74) is 16.8. The first-order valence-electron chi connectivity index (χ1n) is 25.8. The highest BCUT2D eigenvalue weighted by Gasteiger charge is 2.35. The van der Waals surface area contributed by atoms with Crippen LogP contribution in [0, 0.1) is 0 Å². The molecule has 440 valence electrons.